The molecule has 0 spiro atoms. The maximum atomic E-state index is 11.2. The van der Waals surface area contributed by atoms with E-state index in [1.807, 2.05) is 13.8 Å². The maximum absolute atomic E-state index is 11.2. The van der Waals surface area contributed by atoms with E-state index < -0.39 is 12.0 Å². The molecule has 1 aromatic carbocycles. The summed E-state index contributed by atoms with van der Waals surface area (Å²) in [6, 6.07) is 7.97. The summed E-state index contributed by atoms with van der Waals surface area (Å²) in [6.45, 7) is 9.10. The topological polar surface area (TPSA) is 49.3 Å². The fraction of sp³-hybridized carbons (Fsp3) is 0.588. The van der Waals surface area contributed by atoms with Crippen molar-refractivity contribution in [3.63, 3.8) is 0 Å². The Balaban J connectivity index is 2.53. The van der Waals surface area contributed by atoms with Crippen LogP contribution in [0.15, 0.2) is 24.3 Å². The van der Waals surface area contributed by atoms with Gasteiger partial charge in [0.1, 0.15) is 6.04 Å². The van der Waals surface area contributed by atoms with Crippen molar-refractivity contribution in [2.75, 3.05) is 0 Å². The van der Waals surface area contributed by atoms with Crippen molar-refractivity contribution < 1.29 is 9.90 Å². The van der Waals surface area contributed by atoms with E-state index in [4.69, 9.17) is 0 Å². The minimum absolute atomic E-state index is 0.372. The third-order valence-electron chi connectivity index (χ3n) is 3.22. The van der Waals surface area contributed by atoms with Crippen molar-refractivity contribution in [2.24, 2.45) is 11.8 Å². The summed E-state index contributed by atoms with van der Waals surface area (Å²) in [7, 11) is 0. The molecule has 0 fully saturated rings. The zero-order chi connectivity index (χ0) is 15.1. The second kappa shape index (κ2) is 8.05. The van der Waals surface area contributed by atoms with Gasteiger partial charge in [-0.25, -0.2) is 0 Å². The number of nitrogens with one attached hydrogen (secondary N) is 1. The molecule has 0 aliphatic rings. The average Bonchev–Trinajstić information content (AvgIpc) is 2.34. The lowest BCUT2D eigenvalue weighted by Crippen LogP contribution is -2.37. The summed E-state index contributed by atoms with van der Waals surface area (Å²) in [5, 5.41) is 12.3. The first-order valence-electron chi connectivity index (χ1n) is 7.42. The van der Waals surface area contributed by atoms with Gasteiger partial charge < -0.3 is 10.4 Å². The quantitative estimate of drug-likeness (QED) is 0.765. The van der Waals surface area contributed by atoms with Crippen LogP contribution in [0.1, 0.15) is 45.2 Å². The molecular weight excluding hydrogens is 250 g/mol. The van der Waals surface area contributed by atoms with Crippen LogP contribution in [0.2, 0.25) is 0 Å². The van der Waals surface area contributed by atoms with E-state index >= 15 is 0 Å². The fourth-order valence-corrected chi connectivity index (χ4v) is 2.25. The molecule has 1 rings (SSSR count). The van der Waals surface area contributed by atoms with Crippen LogP contribution < -0.4 is 5.32 Å². The summed E-state index contributed by atoms with van der Waals surface area (Å²) in [5.41, 5.74) is 2.47. The Kier molecular flexibility index (Phi) is 6.73. The molecule has 0 saturated carbocycles. The fourth-order valence-electron chi connectivity index (χ4n) is 2.25. The van der Waals surface area contributed by atoms with Crippen LogP contribution in [-0.4, -0.2) is 17.1 Å². The highest BCUT2D eigenvalue weighted by Gasteiger charge is 2.17. The summed E-state index contributed by atoms with van der Waals surface area (Å²) < 4.78 is 0. The number of hydrogen-bond acceptors (Lipinski definition) is 2. The van der Waals surface area contributed by atoms with Gasteiger partial charge in [-0.05, 0) is 35.8 Å². The molecule has 0 aliphatic heterocycles. The van der Waals surface area contributed by atoms with Crippen molar-refractivity contribution >= 4 is 5.97 Å². The Hall–Kier alpha value is -1.35. The van der Waals surface area contributed by atoms with E-state index in [2.05, 4.69) is 43.4 Å². The molecule has 3 nitrogen and oxygen atoms in total. The number of benzene rings is 1. The van der Waals surface area contributed by atoms with E-state index in [9.17, 15) is 9.90 Å². The van der Waals surface area contributed by atoms with Gasteiger partial charge in [0.15, 0.2) is 0 Å². The highest BCUT2D eigenvalue weighted by atomic mass is 16.4. The Labute approximate surface area is 122 Å². The molecule has 0 heterocycles. The molecule has 1 atom stereocenters. The van der Waals surface area contributed by atoms with Crippen LogP contribution in [0.5, 0.6) is 0 Å². The van der Waals surface area contributed by atoms with Gasteiger partial charge in [-0.15, -0.1) is 0 Å². The van der Waals surface area contributed by atoms with Crippen molar-refractivity contribution in [3.05, 3.63) is 35.4 Å². The molecule has 0 aromatic heterocycles. The summed E-state index contributed by atoms with van der Waals surface area (Å²) in [4.78, 5) is 11.2. The molecule has 1 aromatic rings. The minimum atomic E-state index is -0.768. The third-order valence-corrected chi connectivity index (χ3v) is 3.22. The van der Waals surface area contributed by atoms with E-state index in [-0.39, 0.29) is 0 Å². The van der Waals surface area contributed by atoms with Crippen molar-refractivity contribution in [2.45, 2.75) is 53.1 Å². The minimum Gasteiger partial charge on any atom is -0.480 e. The molecule has 3 heteroatoms. The lowest BCUT2D eigenvalue weighted by Gasteiger charge is -2.16. The Morgan fingerprint density at radius 1 is 1.05 bits per heavy atom. The molecule has 0 amide bonds. The highest BCUT2D eigenvalue weighted by Crippen LogP contribution is 2.11. The van der Waals surface area contributed by atoms with Crippen molar-refractivity contribution in [3.8, 4) is 0 Å². The second-order valence-electron chi connectivity index (χ2n) is 6.32. The van der Waals surface area contributed by atoms with Crippen molar-refractivity contribution in [1.82, 2.24) is 5.32 Å². The summed E-state index contributed by atoms with van der Waals surface area (Å²) in [6.07, 6.45) is 1.74. The van der Waals surface area contributed by atoms with Gasteiger partial charge in [0.25, 0.3) is 0 Å². The number of carboxylic acid groups (broad SMARTS) is 1. The number of rotatable bonds is 8. The van der Waals surface area contributed by atoms with Crippen LogP contribution in [0.3, 0.4) is 0 Å². The van der Waals surface area contributed by atoms with Crippen LogP contribution in [0.4, 0.5) is 0 Å². The van der Waals surface area contributed by atoms with Crippen molar-refractivity contribution in [1.29, 1.82) is 0 Å². The summed E-state index contributed by atoms with van der Waals surface area (Å²) >= 11 is 0. The molecule has 20 heavy (non-hydrogen) atoms. The van der Waals surface area contributed by atoms with Crippen LogP contribution in [-0.2, 0) is 17.8 Å². The standard InChI is InChI=1S/C17H27NO2/c1-12(2)9-14-5-7-15(8-6-14)11-18-16(17(19)20)10-13(3)4/h5-8,12-13,16,18H,9-11H2,1-4H3,(H,19,20). The molecule has 0 saturated heterocycles. The molecule has 0 radical (unpaired) electrons. The lowest BCUT2D eigenvalue weighted by molar-refractivity contribution is -0.140. The average molecular weight is 277 g/mol. The number of aliphatic carboxylic acids is 1. The zero-order valence-electron chi connectivity index (χ0n) is 13.0. The first kappa shape index (κ1) is 16.7. The normalized spacial score (nSPS) is 12.9. The van der Waals surface area contributed by atoms with Crippen LogP contribution in [0.25, 0.3) is 0 Å². The van der Waals surface area contributed by atoms with E-state index in [1.165, 1.54) is 5.56 Å². The van der Waals surface area contributed by atoms with Gasteiger partial charge in [-0.2, -0.15) is 0 Å². The largest absolute Gasteiger partial charge is 0.480 e. The second-order valence-corrected chi connectivity index (χ2v) is 6.32. The number of hydrogen-bond donors (Lipinski definition) is 2. The van der Waals surface area contributed by atoms with E-state index in [0.29, 0.717) is 24.8 Å². The van der Waals surface area contributed by atoms with Crippen LogP contribution >= 0.6 is 0 Å². The number of carboxylic acids is 1. The highest BCUT2D eigenvalue weighted by molar-refractivity contribution is 5.73. The van der Waals surface area contributed by atoms with Crippen LogP contribution in [0, 0.1) is 11.8 Å². The van der Waals surface area contributed by atoms with Gasteiger partial charge in [0.05, 0.1) is 0 Å². The Bertz CT molecular complexity index is 410. The molecule has 0 bridgehead atoms. The first-order chi connectivity index (χ1) is 9.38. The van der Waals surface area contributed by atoms with Gasteiger partial charge in [-0.3, -0.25) is 4.79 Å². The maximum Gasteiger partial charge on any atom is 0.320 e. The van der Waals surface area contributed by atoms with Gasteiger partial charge >= 0.3 is 5.97 Å². The van der Waals surface area contributed by atoms with E-state index in [0.717, 1.165) is 12.0 Å². The third kappa shape index (κ3) is 6.20. The Morgan fingerprint density at radius 3 is 2.05 bits per heavy atom. The first-order valence-corrected chi connectivity index (χ1v) is 7.42. The molecule has 0 aliphatic carbocycles. The lowest BCUT2D eigenvalue weighted by atomic mass is 10.0. The van der Waals surface area contributed by atoms with Gasteiger partial charge in [0, 0.05) is 6.54 Å². The number of carbonyl (C=O) groups is 1. The smallest absolute Gasteiger partial charge is 0.320 e. The predicted molar refractivity (Wildman–Crippen MR) is 82.7 cm³/mol. The molecule has 2 N–H and O–H groups in total. The molecule has 1 unspecified atom stereocenters. The summed E-state index contributed by atoms with van der Waals surface area (Å²) in [5.74, 6) is 0.258. The van der Waals surface area contributed by atoms with Gasteiger partial charge in [0.2, 0.25) is 0 Å². The predicted octanol–water partition coefficient (Wildman–Crippen LogP) is 3.47. The molecule has 112 valence electrons. The SMILES string of the molecule is CC(C)Cc1ccc(CNC(CC(C)C)C(=O)O)cc1. The van der Waals surface area contributed by atoms with Gasteiger partial charge in [-0.1, -0.05) is 52.0 Å². The van der Waals surface area contributed by atoms with E-state index in [1.54, 1.807) is 0 Å². The monoisotopic (exact) mass is 277 g/mol. The zero-order valence-corrected chi connectivity index (χ0v) is 13.0. The molecular formula is C17H27NO2. The Morgan fingerprint density at radius 2 is 1.60 bits per heavy atom.